The highest BCUT2D eigenvalue weighted by molar-refractivity contribution is 6.99. The molecule has 0 bridgehead atoms. The van der Waals surface area contributed by atoms with Crippen molar-refractivity contribution in [3.8, 4) is 0 Å². The lowest BCUT2D eigenvalue weighted by atomic mass is 10.1. The van der Waals surface area contributed by atoms with E-state index in [0.29, 0.717) is 6.10 Å². The van der Waals surface area contributed by atoms with Gasteiger partial charge in [0.15, 0.2) is 0 Å². The van der Waals surface area contributed by atoms with Gasteiger partial charge in [-0.1, -0.05) is 81.4 Å². The molecule has 0 aliphatic carbocycles. The molecule has 1 aliphatic rings. The highest BCUT2D eigenvalue weighted by Crippen LogP contribution is 2.36. The minimum atomic E-state index is -2.37. The lowest BCUT2D eigenvalue weighted by Crippen LogP contribution is -2.66. The summed E-state index contributed by atoms with van der Waals surface area (Å²) in [6.45, 7) is 8.73. The molecule has 1 aliphatic heterocycles. The molecule has 2 aromatic rings. The number of ether oxygens (including phenoxy) is 1. The van der Waals surface area contributed by atoms with Crippen molar-refractivity contribution in [2.45, 2.75) is 57.6 Å². The monoisotopic (exact) mass is 368 g/mol. The first kappa shape index (κ1) is 19.3. The van der Waals surface area contributed by atoms with Gasteiger partial charge < -0.3 is 9.16 Å². The fourth-order valence-corrected chi connectivity index (χ4v) is 8.78. The Balaban J connectivity index is 1.87. The molecule has 0 N–H and O–H groups in total. The summed E-state index contributed by atoms with van der Waals surface area (Å²) in [4.78, 5) is 0. The Morgan fingerprint density at radius 1 is 0.962 bits per heavy atom. The van der Waals surface area contributed by atoms with E-state index in [9.17, 15) is 0 Å². The third-order valence-corrected chi connectivity index (χ3v) is 10.5. The zero-order valence-electron chi connectivity index (χ0n) is 16.4. The number of rotatable bonds is 7. The first-order chi connectivity index (χ1) is 12.5. The van der Waals surface area contributed by atoms with E-state index < -0.39 is 8.32 Å². The third kappa shape index (κ3) is 4.11. The molecule has 1 heterocycles. The molecule has 140 valence electrons. The van der Waals surface area contributed by atoms with E-state index in [-0.39, 0.29) is 5.04 Å². The van der Waals surface area contributed by atoms with E-state index in [1.165, 1.54) is 23.2 Å². The topological polar surface area (TPSA) is 18.5 Å². The van der Waals surface area contributed by atoms with Crippen LogP contribution in [0.15, 0.2) is 60.7 Å². The molecule has 3 rings (SSSR count). The normalized spacial score (nSPS) is 18.2. The first-order valence-electron chi connectivity index (χ1n) is 9.91. The lowest BCUT2D eigenvalue weighted by molar-refractivity contribution is 0.0976. The van der Waals surface area contributed by atoms with Crippen LogP contribution in [0.1, 0.15) is 46.5 Å². The molecule has 0 amide bonds. The summed E-state index contributed by atoms with van der Waals surface area (Å²) in [5.74, 6) is 0. The summed E-state index contributed by atoms with van der Waals surface area (Å²) in [6, 6.07) is 21.8. The van der Waals surface area contributed by atoms with Crippen LogP contribution < -0.4 is 10.4 Å². The molecular formula is C23H32O2Si. The van der Waals surface area contributed by atoms with Gasteiger partial charge in [0.25, 0.3) is 8.32 Å². The van der Waals surface area contributed by atoms with Crippen LogP contribution in [-0.2, 0) is 9.16 Å². The minimum absolute atomic E-state index is 0.0551. The summed E-state index contributed by atoms with van der Waals surface area (Å²) in [5.41, 5.74) is 0. The average Bonchev–Trinajstić information content (AvgIpc) is 3.16. The molecule has 0 spiro atoms. The number of benzene rings is 2. The van der Waals surface area contributed by atoms with E-state index in [1.54, 1.807) is 0 Å². The van der Waals surface area contributed by atoms with Crippen LogP contribution in [0.3, 0.4) is 0 Å². The second kappa shape index (κ2) is 8.51. The zero-order chi connectivity index (χ0) is 18.5. The molecule has 2 aromatic carbocycles. The summed E-state index contributed by atoms with van der Waals surface area (Å²) < 4.78 is 12.7. The van der Waals surface area contributed by atoms with Crippen molar-refractivity contribution in [3.05, 3.63) is 60.7 Å². The lowest BCUT2D eigenvalue weighted by Gasteiger charge is -2.43. The smallest absolute Gasteiger partial charge is 0.261 e. The second-order valence-electron chi connectivity index (χ2n) is 8.29. The maximum absolute atomic E-state index is 6.91. The Morgan fingerprint density at radius 2 is 1.54 bits per heavy atom. The molecular weight excluding hydrogens is 336 g/mol. The Hall–Kier alpha value is -1.42. The third-order valence-electron chi connectivity index (χ3n) is 5.43. The first-order valence-corrected chi connectivity index (χ1v) is 11.8. The van der Waals surface area contributed by atoms with E-state index in [4.69, 9.17) is 9.16 Å². The van der Waals surface area contributed by atoms with Crippen molar-refractivity contribution >= 4 is 18.7 Å². The summed E-state index contributed by atoms with van der Waals surface area (Å²) in [6.07, 6.45) is 5.03. The van der Waals surface area contributed by atoms with Gasteiger partial charge in [-0.25, -0.2) is 0 Å². The van der Waals surface area contributed by atoms with Crippen molar-refractivity contribution in [2.24, 2.45) is 0 Å². The molecule has 1 saturated heterocycles. The maximum atomic E-state index is 6.91. The van der Waals surface area contributed by atoms with Crippen molar-refractivity contribution < 1.29 is 9.16 Å². The molecule has 0 radical (unpaired) electrons. The van der Waals surface area contributed by atoms with Crippen LogP contribution in [0.4, 0.5) is 0 Å². The standard InChI is InChI=1S/C23H32O2Si/c1-23(2,3)26(21-14-6-4-7-15-21,22-16-8-5-9-17-22)25-19-11-13-20-12-10-18-24-20/h4-9,14-17,20H,10-13,18-19H2,1-3H3/t20-/m0/s1. The van der Waals surface area contributed by atoms with Crippen molar-refractivity contribution in [3.63, 3.8) is 0 Å². The molecule has 3 heteroatoms. The van der Waals surface area contributed by atoms with Gasteiger partial charge in [-0.2, -0.15) is 0 Å². The van der Waals surface area contributed by atoms with E-state index in [2.05, 4.69) is 81.4 Å². The Morgan fingerprint density at radius 3 is 2.00 bits per heavy atom. The van der Waals surface area contributed by atoms with Crippen molar-refractivity contribution in [1.29, 1.82) is 0 Å². The van der Waals surface area contributed by atoms with Crippen LogP contribution in [0.5, 0.6) is 0 Å². The molecule has 0 aromatic heterocycles. The van der Waals surface area contributed by atoms with E-state index >= 15 is 0 Å². The van der Waals surface area contributed by atoms with Crippen molar-refractivity contribution in [2.75, 3.05) is 13.2 Å². The van der Waals surface area contributed by atoms with Crippen LogP contribution in [0.2, 0.25) is 5.04 Å². The summed E-state index contributed by atoms with van der Waals surface area (Å²) >= 11 is 0. The summed E-state index contributed by atoms with van der Waals surface area (Å²) in [5, 5.41) is 2.77. The predicted molar refractivity (Wildman–Crippen MR) is 112 cm³/mol. The van der Waals surface area contributed by atoms with Gasteiger partial charge in [0.05, 0.1) is 6.10 Å². The van der Waals surface area contributed by atoms with Gasteiger partial charge in [0.2, 0.25) is 0 Å². The van der Waals surface area contributed by atoms with E-state index in [0.717, 1.165) is 26.1 Å². The summed E-state index contributed by atoms with van der Waals surface area (Å²) in [7, 11) is -2.37. The fraction of sp³-hybridized carbons (Fsp3) is 0.478. The quantitative estimate of drug-likeness (QED) is 0.528. The molecule has 1 fully saturated rings. The van der Waals surface area contributed by atoms with Gasteiger partial charge in [-0.05, 0) is 41.1 Å². The van der Waals surface area contributed by atoms with Gasteiger partial charge in [-0.3, -0.25) is 0 Å². The molecule has 26 heavy (non-hydrogen) atoms. The Kier molecular flexibility index (Phi) is 6.33. The van der Waals surface area contributed by atoms with Crippen LogP contribution in [0.25, 0.3) is 0 Å². The molecule has 0 saturated carbocycles. The zero-order valence-corrected chi connectivity index (χ0v) is 17.4. The maximum Gasteiger partial charge on any atom is 0.261 e. The van der Waals surface area contributed by atoms with Gasteiger partial charge >= 0.3 is 0 Å². The largest absolute Gasteiger partial charge is 0.407 e. The molecule has 0 unspecified atom stereocenters. The number of hydrogen-bond donors (Lipinski definition) is 0. The van der Waals surface area contributed by atoms with Crippen molar-refractivity contribution in [1.82, 2.24) is 0 Å². The molecule has 2 nitrogen and oxygen atoms in total. The minimum Gasteiger partial charge on any atom is -0.407 e. The van der Waals surface area contributed by atoms with Gasteiger partial charge in [0, 0.05) is 13.2 Å². The SMILES string of the molecule is CC(C)(C)[Si](OCCC[C@@H]1CCCO1)(c1ccccc1)c1ccccc1. The Bertz CT molecular complexity index is 618. The second-order valence-corrected chi connectivity index (χ2v) is 12.6. The highest BCUT2D eigenvalue weighted by atomic mass is 28.4. The average molecular weight is 369 g/mol. The Labute approximate surface area is 159 Å². The van der Waals surface area contributed by atoms with Gasteiger partial charge in [0.1, 0.15) is 0 Å². The number of hydrogen-bond acceptors (Lipinski definition) is 2. The van der Waals surface area contributed by atoms with Crippen LogP contribution in [-0.4, -0.2) is 27.6 Å². The molecule has 1 atom stereocenters. The van der Waals surface area contributed by atoms with Crippen LogP contribution in [0, 0.1) is 0 Å². The fourth-order valence-electron chi connectivity index (χ4n) is 4.17. The van der Waals surface area contributed by atoms with E-state index in [1.807, 2.05) is 0 Å². The highest BCUT2D eigenvalue weighted by Gasteiger charge is 2.49. The van der Waals surface area contributed by atoms with Gasteiger partial charge in [-0.15, -0.1) is 0 Å². The predicted octanol–water partition coefficient (Wildman–Crippen LogP) is 4.52. The van der Waals surface area contributed by atoms with Crippen LogP contribution >= 0.6 is 0 Å².